The van der Waals surface area contributed by atoms with Crippen molar-refractivity contribution in [2.24, 2.45) is 11.5 Å². The fourth-order valence-electron chi connectivity index (χ4n) is 4.29. The number of benzene rings is 3. The van der Waals surface area contributed by atoms with Crippen LogP contribution in [0.15, 0.2) is 51.4 Å². The van der Waals surface area contributed by atoms with Crippen LogP contribution < -0.4 is 21.5 Å². The lowest BCUT2D eigenvalue weighted by Gasteiger charge is -2.18. The molecule has 1 aromatic heterocycles. The van der Waals surface area contributed by atoms with Crippen LogP contribution in [0.3, 0.4) is 0 Å². The maximum Gasteiger partial charge on any atom is 0.146 e. The standard InChI is InChI=1S/C24H26Br2N4O/c1-14-17(18-11-15(25)3-5-21(18)29-9-7-27)13-20-19-12-16(26)4-6-22(19)30(10-8-28)23(20)24(14)31-2/h3-6,11-13,29H,7-10,27-28H2,1-2H3. The minimum absolute atomic E-state index is 0.553. The average molecular weight is 546 g/mol. The molecule has 0 amide bonds. The molecule has 4 aromatic rings. The van der Waals surface area contributed by atoms with Crippen molar-refractivity contribution in [2.75, 3.05) is 32.1 Å². The molecule has 31 heavy (non-hydrogen) atoms. The molecule has 0 fully saturated rings. The molecule has 0 bridgehead atoms. The zero-order chi connectivity index (χ0) is 22.1. The molecule has 0 unspecified atom stereocenters. The van der Waals surface area contributed by atoms with Gasteiger partial charge in [0, 0.05) is 68.2 Å². The highest BCUT2D eigenvalue weighted by Crippen LogP contribution is 2.44. The third-order valence-electron chi connectivity index (χ3n) is 5.60. The van der Waals surface area contributed by atoms with Crippen LogP contribution in [-0.4, -0.2) is 31.3 Å². The Morgan fingerprint density at radius 3 is 2.39 bits per heavy atom. The number of hydrogen-bond acceptors (Lipinski definition) is 4. The van der Waals surface area contributed by atoms with Gasteiger partial charge in [0.15, 0.2) is 0 Å². The molecule has 0 saturated heterocycles. The summed E-state index contributed by atoms with van der Waals surface area (Å²) < 4.78 is 10.3. The minimum Gasteiger partial charge on any atom is -0.494 e. The summed E-state index contributed by atoms with van der Waals surface area (Å²) in [5.41, 5.74) is 18.3. The monoisotopic (exact) mass is 544 g/mol. The van der Waals surface area contributed by atoms with Crippen LogP contribution in [0.1, 0.15) is 5.56 Å². The molecule has 0 radical (unpaired) electrons. The number of nitrogens with zero attached hydrogens (tertiary/aromatic N) is 1. The molecule has 5 nitrogen and oxygen atoms in total. The fourth-order valence-corrected chi connectivity index (χ4v) is 5.01. The van der Waals surface area contributed by atoms with Gasteiger partial charge in [-0.15, -0.1) is 0 Å². The lowest BCUT2D eigenvalue weighted by molar-refractivity contribution is 0.414. The summed E-state index contributed by atoms with van der Waals surface area (Å²) in [7, 11) is 1.74. The second kappa shape index (κ2) is 9.20. The molecule has 4 rings (SSSR count). The van der Waals surface area contributed by atoms with Crippen LogP contribution in [0.4, 0.5) is 5.69 Å². The number of anilines is 1. The Labute approximate surface area is 199 Å². The van der Waals surface area contributed by atoms with E-state index in [0.29, 0.717) is 19.6 Å². The first-order chi connectivity index (χ1) is 15.0. The predicted octanol–water partition coefficient (Wildman–Crippen LogP) is 5.63. The molecule has 3 aromatic carbocycles. The maximum absolute atomic E-state index is 5.99. The molecule has 162 valence electrons. The van der Waals surface area contributed by atoms with E-state index in [4.69, 9.17) is 16.2 Å². The zero-order valence-corrected chi connectivity index (χ0v) is 20.8. The van der Waals surface area contributed by atoms with Crippen molar-refractivity contribution in [1.29, 1.82) is 0 Å². The van der Waals surface area contributed by atoms with E-state index >= 15 is 0 Å². The van der Waals surface area contributed by atoms with Gasteiger partial charge >= 0.3 is 0 Å². The molecular formula is C24H26Br2N4O. The number of nitrogens with one attached hydrogen (secondary N) is 1. The van der Waals surface area contributed by atoms with E-state index in [-0.39, 0.29) is 0 Å². The lowest BCUT2D eigenvalue weighted by atomic mass is 9.95. The highest BCUT2D eigenvalue weighted by molar-refractivity contribution is 9.10. The summed E-state index contributed by atoms with van der Waals surface area (Å²) in [5, 5.41) is 5.77. The van der Waals surface area contributed by atoms with Crippen LogP contribution >= 0.6 is 31.9 Å². The number of fused-ring (bicyclic) bond motifs is 3. The molecule has 5 N–H and O–H groups in total. The average Bonchev–Trinajstić information content (AvgIpc) is 3.05. The van der Waals surface area contributed by atoms with Gasteiger partial charge in [-0.05, 0) is 55.0 Å². The summed E-state index contributed by atoms with van der Waals surface area (Å²) in [4.78, 5) is 0. The maximum atomic E-state index is 5.99. The number of ether oxygens (including phenoxy) is 1. The summed E-state index contributed by atoms with van der Waals surface area (Å²) in [6, 6.07) is 14.9. The number of methoxy groups -OCH3 is 1. The summed E-state index contributed by atoms with van der Waals surface area (Å²) in [6.45, 7) is 4.66. The summed E-state index contributed by atoms with van der Waals surface area (Å²) in [5.74, 6) is 0.873. The van der Waals surface area contributed by atoms with Gasteiger partial charge in [-0.1, -0.05) is 31.9 Å². The Bertz CT molecular complexity index is 1270. The molecule has 7 heteroatoms. The van der Waals surface area contributed by atoms with E-state index < -0.39 is 0 Å². The second-order valence-corrected chi connectivity index (χ2v) is 9.32. The third kappa shape index (κ3) is 3.96. The van der Waals surface area contributed by atoms with Crippen LogP contribution in [0.25, 0.3) is 32.9 Å². The van der Waals surface area contributed by atoms with E-state index in [1.54, 1.807) is 7.11 Å². The van der Waals surface area contributed by atoms with E-state index in [0.717, 1.165) is 60.0 Å². The van der Waals surface area contributed by atoms with E-state index in [1.165, 1.54) is 5.39 Å². The Morgan fingerprint density at radius 2 is 1.68 bits per heavy atom. The van der Waals surface area contributed by atoms with Crippen LogP contribution in [0.5, 0.6) is 5.75 Å². The van der Waals surface area contributed by atoms with Gasteiger partial charge in [-0.2, -0.15) is 0 Å². The van der Waals surface area contributed by atoms with Crippen molar-refractivity contribution in [2.45, 2.75) is 13.5 Å². The van der Waals surface area contributed by atoms with Crippen molar-refractivity contribution in [3.63, 3.8) is 0 Å². The Morgan fingerprint density at radius 1 is 0.935 bits per heavy atom. The molecule has 0 spiro atoms. The largest absolute Gasteiger partial charge is 0.494 e. The Hall–Kier alpha value is -2.06. The van der Waals surface area contributed by atoms with Crippen LogP contribution in [-0.2, 0) is 6.54 Å². The number of nitrogens with two attached hydrogens (primary N) is 2. The van der Waals surface area contributed by atoms with Gasteiger partial charge in [-0.25, -0.2) is 0 Å². The van der Waals surface area contributed by atoms with Crippen molar-refractivity contribution < 1.29 is 4.74 Å². The van der Waals surface area contributed by atoms with Crippen molar-refractivity contribution >= 4 is 59.4 Å². The van der Waals surface area contributed by atoms with Crippen LogP contribution in [0, 0.1) is 6.92 Å². The second-order valence-electron chi connectivity index (χ2n) is 7.49. The highest BCUT2D eigenvalue weighted by Gasteiger charge is 2.21. The van der Waals surface area contributed by atoms with Gasteiger partial charge in [0.2, 0.25) is 0 Å². The number of rotatable bonds is 7. The molecule has 0 atom stereocenters. The van der Waals surface area contributed by atoms with E-state index in [2.05, 4.69) is 85.1 Å². The van der Waals surface area contributed by atoms with Gasteiger partial charge in [-0.3, -0.25) is 0 Å². The third-order valence-corrected chi connectivity index (χ3v) is 6.59. The van der Waals surface area contributed by atoms with Crippen molar-refractivity contribution in [3.05, 3.63) is 57.0 Å². The molecule has 1 heterocycles. The predicted molar refractivity (Wildman–Crippen MR) is 138 cm³/mol. The Kier molecular flexibility index (Phi) is 6.57. The van der Waals surface area contributed by atoms with Gasteiger partial charge < -0.3 is 26.1 Å². The molecule has 0 aliphatic heterocycles. The van der Waals surface area contributed by atoms with Crippen LogP contribution in [0.2, 0.25) is 0 Å². The minimum atomic E-state index is 0.553. The van der Waals surface area contributed by atoms with Crippen molar-refractivity contribution in [3.8, 4) is 16.9 Å². The van der Waals surface area contributed by atoms with Gasteiger partial charge in [0.1, 0.15) is 5.75 Å². The van der Waals surface area contributed by atoms with E-state index in [9.17, 15) is 0 Å². The topological polar surface area (TPSA) is 78.2 Å². The van der Waals surface area contributed by atoms with Gasteiger partial charge in [0.25, 0.3) is 0 Å². The molecule has 0 aliphatic carbocycles. The smallest absolute Gasteiger partial charge is 0.146 e. The number of halogens is 2. The quantitative estimate of drug-likeness (QED) is 0.281. The first kappa shape index (κ1) is 22.1. The SMILES string of the molecule is COc1c(C)c(-c2cc(Br)ccc2NCCN)cc2c3cc(Br)ccc3n(CCN)c12. The van der Waals surface area contributed by atoms with E-state index in [1.807, 2.05) is 6.07 Å². The first-order valence-corrected chi connectivity index (χ1v) is 11.8. The molecular weight excluding hydrogens is 520 g/mol. The lowest BCUT2D eigenvalue weighted by Crippen LogP contribution is -2.13. The molecule has 0 aliphatic rings. The number of hydrogen-bond donors (Lipinski definition) is 3. The highest BCUT2D eigenvalue weighted by atomic mass is 79.9. The Balaban J connectivity index is 2.10. The normalized spacial score (nSPS) is 11.4. The molecule has 0 saturated carbocycles. The van der Waals surface area contributed by atoms with Crippen molar-refractivity contribution in [1.82, 2.24) is 4.57 Å². The summed E-state index contributed by atoms with van der Waals surface area (Å²) in [6.07, 6.45) is 0. The zero-order valence-electron chi connectivity index (χ0n) is 17.6. The van der Waals surface area contributed by atoms with Gasteiger partial charge in [0.05, 0.1) is 12.6 Å². The summed E-state index contributed by atoms with van der Waals surface area (Å²) >= 11 is 7.27. The fraction of sp³-hybridized carbons (Fsp3) is 0.250. The first-order valence-electron chi connectivity index (χ1n) is 10.2. The number of aromatic nitrogens is 1.